The Labute approximate surface area is 108 Å². The number of para-hydroxylation sites is 1. The lowest BCUT2D eigenvalue weighted by Crippen LogP contribution is -2.05. The molecule has 2 heterocycles. The van der Waals surface area contributed by atoms with E-state index < -0.39 is 0 Å². The largest absolute Gasteiger partial charge is 0.455 e. The summed E-state index contributed by atoms with van der Waals surface area (Å²) in [5, 5.41) is 2.45. The SMILES string of the molecule is Cc1ccc2[nH]c(=O)c3c4ccccc4oc3c2c1. The van der Waals surface area contributed by atoms with Gasteiger partial charge in [0.2, 0.25) is 0 Å². The highest BCUT2D eigenvalue weighted by Gasteiger charge is 2.13. The van der Waals surface area contributed by atoms with Gasteiger partial charge < -0.3 is 9.40 Å². The number of fused-ring (bicyclic) bond motifs is 5. The minimum atomic E-state index is -0.101. The molecule has 0 spiro atoms. The highest BCUT2D eigenvalue weighted by molar-refractivity contribution is 6.13. The minimum absolute atomic E-state index is 0.101. The summed E-state index contributed by atoms with van der Waals surface area (Å²) in [7, 11) is 0. The molecule has 0 saturated carbocycles. The van der Waals surface area contributed by atoms with Crippen LogP contribution in [-0.4, -0.2) is 4.98 Å². The summed E-state index contributed by atoms with van der Waals surface area (Å²) < 4.78 is 5.88. The summed E-state index contributed by atoms with van der Waals surface area (Å²) in [5.74, 6) is 0. The molecule has 4 aromatic rings. The number of furan rings is 1. The molecule has 0 radical (unpaired) electrons. The Kier molecular flexibility index (Phi) is 1.90. The summed E-state index contributed by atoms with van der Waals surface area (Å²) >= 11 is 0. The monoisotopic (exact) mass is 249 g/mol. The molecule has 0 aliphatic carbocycles. The molecule has 2 aromatic carbocycles. The second-order valence-corrected chi connectivity index (χ2v) is 4.81. The van der Waals surface area contributed by atoms with Crippen LogP contribution in [0.2, 0.25) is 0 Å². The van der Waals surface area contributed by atoms with Gasteiger partial charge in [-0.1, -0.05) is 29.8 Å². The van der Waals surface area contributed by atoms with Crippen molar-refractivity contribution < 1.29 is 4.42 Å². The smallest absolute Gasteiger partial charge is 0.260 e. The number of benzene rings is 2. The second kappa shape index (κ2) is 3.48. The quantitative estimate of drug-likeness (QED) is 0.516. The molecule has 0 amide bonds. The third kappa shape index (κ3) is 1.35. The van der Waals surface area contributed by atoms with Crippen LogP contribution < -0.4 is 5.56 Å². The summed E-state index contributed by atoms with van der Waals surface area (Å²) in [4.78, 5) is 15.2. The van der Waals surface area contributed by atoms with Crippen LogP contribution in [0.3, 0.4) is 0 Å². The highest BCUT2D eigenvalue weighted by atomic mass is 16.3. The van der Waals surface area contributed by atoms with Crippen LogP contribution in [0.15, 0.2) is 51.7 Å². The van der Waals surface area contributed by atoms with Gasteiger partial charge in [0.15, 0.2) is 0 Å². The Morgan fingerprint density at radius 1 is 1.05 bits per heavy atom. The van der Waals surface area contributed by atoms with E-state index >= 15 is 0 Å². The number of H-pyrrole nitrogens is 1. The lowest BCUT2D eigenvalue weighted by Gasteiger charge is -2.00. The molecule has 0 aliphatic rings. The molecule has 0 bridgehead atoms. The Morgan fingerprint density at radius 2 is 1.89 bits per heavy atom. The Bertz CT molecular complexity index is 992. The minimum Gasteiger partial charge on any atom is -0.455 e. The second-order valence-electron chi connectivity index (χ2n) is 4.81. The van der Waals surface area contributed by atoms with E-state index in [-0.39, 0.29) is 5.56 Å². The molecule has 1 N–H and O–H groups in total. The summed E-state index contributed by atoms with van der Waals surface area (Å²) in [6.45, 7) is 2.03. The van der Waals surface area contributed by atoms with Gasteiger partial charge in [0.1, 0.15) is 11.2 Å². The van der Waals surface area contributed by atoms with Crippen LogP contribution in [0, 0.1) is 6.92 Å². The van der Waals surface area contributed by atoms with Crippen LogP contribution in [0.5, 0.6) is 0 Å². The zero-order chi connectivity index (χ0) is 13.0. The Morgan fingerprint density at radius 3 is 2.79 bits per heavy atom. The fourth-order valence-corrected chi connectivity index (χ4v) is 2.60. The fraction of sp³-hybridized carbons (Fsp3) is 0.0625. The fourth-order valence-electron chi connectivity index (χ4n) is 2.60. The van der Waals surface area contributed by atoms with Crippen LogP contribution >= 0.6 is 0 Å². The van der Waals surface area contributed by atoms with Gasteiger partial charge in [0.05, 0.1) is 10.9 Å². The lowest BCUT2D eigenvalue weighted by atomic mass is 10.1. The van der Waals surface area contributed by atoms with Gasteiger partial charge in [0, 0.05) is 10.8 Å². The van der Waals surface area contributed by atoms with Crippen molar-refractivity contribution in [2.45, 2.75) is 6.92 Å². The third-order valence-electron chi connectivity index (χ3n) is 3.49. The zero-order valence-electron chi connectivity index (χ0n) is 10.4. The molecule has 0 aliphatic heterocycles. The molecule has 2 aromatic heterocycles. The molecule has 19 heavy (non-hydrogen) atoms. The van der Waals surface area contributed by atoms with E-state index in [4.69, 9.17) is 4.42 Å². The number of aryl methyl sites for hydroxylation is 1. The van der Waals surface area contributed by atoms with E-state index in [1.165, 1.54) is 0 Å². The molecule has 4 rings (SSSR count). The average molecular weight is 249 g/mol. The molecule has 0 unspecified atom stereocenters. The van der Waals surface area contributed by atoms with Crippen molar-refractivity contribution in [2.24, 2.45) is 0 Å². The zero-order valence-corrected chi connectivity index (χ0v) is 10.4. The predicted molar refractivity (Wildman–Crippen MR) is 76.6 cm³/mol. The summed E-state index contributed by atoms with van der Waals surface area (Å²) in [6.07, 6.45) is 0. The van der Waals surface area contributed by atoms with Crippen molar-refractivity contribution in [3.05, 3.63) is 58.4 Å². The summed E-state index contributed by atoms with van der Waals surface area (Å²) in [6, 6.07) is 13.6. The molecule has 0 atom stereocenters. The number of aromatic nitrogens is 1. The van der Waals surface area contributed by atoms with E-state index in [9.17, 15) is 4.79 Å². The highest BCUT2D eigenvalue weighted by Crippen LogP contribution is 2.30. The molecular weight excluding hydrogens is 238 g/mol. The van der Waals surface area contributed by atoms with Crippen LogP contribution in [0.4, 0.5) is 0 Å². The van der Waals surface area contributed by atoms with Gasteiger partial charge in [-0.05, 0) is 25.1 Å². The number of hydrogen-bond donors (Lipinski definition) is 1. The van der Waals surface area contributed by atoms with Crippen molar-refractivity contribution in [1.82, 2.24) is 4.98 Å². The number of rotatable bonds is 0. The maximum absolute atomic E-state index is 12.2. The van der Waals surface area contributed by atoms with Crippen molar-refractivity contribution in [1.29, 1.82) is 0 Å². The summed E-state index contributed by atoms with van der Waals surface area (Å²) in [5.41, 5.74) is 3.26. The molecule has 0 fully saturated rings. The van der Waals surface area contributed by atoms with E-state index in [0.29, 0.717) is 11.0 Å². The molecule has 3 nitrogen and oxygen atoms in total. The van der Waals surface area contributed by atoms with E-state index in [1.807, 2.05) is 49.4 Å². The van der Waals surface area contributed by atoms with Crippen molar-refractivity contribution >= 4 is 32.8 Å². The van der Waals surface area contributed by atoms with Crippen molar-refractivity contribution in [3.63, 3.8) is 0 Å². The maximum Gasteiger partial charge on any atom is 0.260 e. The van der Waals surface area contributed by atoms with Gasteiger partial charge in [-0.25, -0.2) is 0 Å². The van der Waals surface area contributed by atoms with Crippen LogP contribution in [0.25, 0.3) is 32.8 Å². The first kappa shape index (κ1) is 10.4. The molecule has 0 saturated heterocycles. The van der Waals surface area contributed by atoms with E-state index in [1.54, 1.807) is 0 Å². The van der Waals surface area contributed by atoms with Gasteiger partial charge in [0.25, 0.3) is 5.56 Å². The van der Waals surface area contributed by atoms with Gasteiger partial charge >= 0.3 is 0 Å². The number of aromatic amines is 1. The Hall–Kier alpha value is -2.55. The number of pyridine rings is 1. The molecule has 3 heteroatoms. The number of nitrogens with one attached hydrogen (secondary N) is 1. The van der Waals surface area contributed by atoms with Crippen molar-refractivity contribution in [2.75, 3.05) is 0 Å². The first-order valence-electron chi connectivity index (χ1n) is 6.18. The molecular formula is C16H11NO2. The standard InChI is InChI=1S/C16H11NO2/c1-9-6-7-12-11(8-9)15-14(16(18)17-12)10-4-2-3-5-13(10)19-15/h2-8H,1H3,(H,17,18). The van der Waals surface area contributed by atoms with Gasteiger partial charge in [-0.15, -0.1) is 0 Å². The normalized spacial score (nSPS) is 11.6. The lowest BCUT2D eigenvalue weighted by molar-refractivity contribution is 0.672. The first-order chi connectivity index (χ1) is 9.24. The van der Waals surface area contributed by atoms with E-state index in [0.717, 1.165) is 27.4 Å². The van der Waals surface area contributed by atoms with Gasteiger partial charge in [-0.2, -0.15) is 0 Å². The average Bonchev–Trinajstić information content (AvgIpc) is 2.80. The van der Waals surface area contributed by atoms with Crippen molar-refractivity contribution in [3.8, 4) is 0 Å². The van der Waals surface area contributed by atoms with Crippen LogP contribution in [0.1, 0.15) is 5.56 Å². The first-order valence-corrected chi connectivity index (χ1v) is 6.18. The van der Waals surface area contributed by atoms with E-state index in [2.05, 4.69) is 4.98 Å². The van der Waals surface area contributed by atoms with Gasteiger partial charge in [-0.3, -0.25) is 4.79 Å². The number of hydrogen-bond acceptors (Lipinski definition) is 2. The Balaban J connectivity index is 2.39. The third-order valence-corrected chi connectivity index (χ3v) is 3.49. The topological polar surface area (TPSA) is 46.0 Å². The molecule has 92 valence electrons. The maximum atomic E-state index is 12.2. The predicted octanol–water partition coefficient (Wildman–Crippen LogP) is 3.74. The van der Waals surface area contributed by atoms with Crippen LogP contribution in [-0.2, 0) is 0 Å².